The summed E-state index contributed by atoms with van der Waals surface area (Å²) < 4.78 is 18.8. The number of aliphatic hydroxyl groups is 2. The van der Waals surface area contributed by atoms with E-state index in [0.29, 0.717) is 43.9 Å². The van der Waals surface area contributed by atoms with Crippen molar-refractivity contribution in [3.8, 4) is 34.2 Å². The molecule has 1 atom stereocenters. The van der Waals surface area contributed by atoms with Crippen molar-refractivity contribution in [1.82, 2.24) is 54.3 Å². The number of hydrogen-bond acceptors (Lipinski definition) is 16. The largest absolute Gasteiger partial charge is 0.460 e. The van der Waals surface area contributed by atoms with Gasteiger partial charge < -0.3 is 24.4 Å². The van der Waals surface area contributed by atoms with Crippen LogP contribution in [-0.2, 0) is 41.8 Å². The highest BCUT2D eigenvalue weighted by Gasteiger charge is 2.08. The van der Waals surface area contributed by atoms with Crippen LogP contribution in [0.15, 0.2) is 159 Å². The lowest BCUT2D eigenvalue weighted by Crippen LogP contribution is -2.11. The third-order valence-corrected chi connectivity index (χ3v) is 9.18. The number of carbonyl (C=O) groups is 3. The molecule has 0 aliphatic heterocycles. The van der Waals surface area contributed by atoms with Gasteiger partial charge in [0.25, 0.3) is 0 Å². The molecule has 0 fully saturated rings. The van der Waals surface area contributed by atoms with Gasteiger partial charge in [-0.2, -0.15) is 0 Å². The minimum atomic E-state index is -1.15. The minimum absolute atomic E-state index is 0.0286. The topological polar surface area (TPSA) is 237 Å². The summed E-state index contributed by atoms with van der Waals surface area (Å²) in [7, 11) is 0. The van der Waals surface area contributed by atoms with Crippen molar-refractivity contribution < 1.29 is 38.8 Å². The molecule has 72 heavy (non-hydrogen) atoms. The number of hydrogen-bond donors (Lipinski definition) is 2. The van der Waals surface area contributed by atoms with E-state index < -0.39 is 24.2 Å². The van der Waals surface area contributed by atoms with Gasteiger partial charge in [0.1, 0.15) is 25.6 Å². The number of aromatic nitrogens is 11. The second kappa shape index (κ2) is 29.1. The Bertz CT molecular complexity index is 2940. The van der Waals surface area contributed by atoms with Gasteiger partial charge in [0, 0.05) is 81.0 Å². The normalized spacial score (nSPS) is 11.2. The number of esters is 3. The first-order valence-electron chi connectivity index (χ1n) is 21.5. The van der Waals surface area contributed by atoms with E-state index in [1.54, 1.807) is 86.9 Å². The summed E-state index contributed by atoms with van der Waals surface area (Å²) in [5, 5.41) is 31.8. The number of carbonyl (C=O) groups excluding carboxylic acids is 3. The van der Waals surface area contributed by atoms with Crippen LogP contribution in [0.3, 0.4) is 0 Å². The molecule has 0 aliphatic rings. The lowest BCUT2D eigenvalue weighted by atomic mass is 10.2. The smallest absolute Gasteiger partial charge is 0.334 e. The molecule has 22 heteroatoms. The number of ether oxygens (including phenoxy) is 3. The van der Waals surface area contributed by atoms with Crippen molar-refractivity contribution in [2.24, 2.45) is 0 Å². The van der Waals surface area contributed by atoms with Crippen LogP contribution >= 0.6 is 34.8 Å². The average Bonchev–Trinajstić information content (AvgIpc) is 4.17. The summed E-state index contributed by atoms with van der Waals surface area (Å²) in [6.45, 7) is 5.07. The first-order valence-corrected chi connectivity index (χ1v) is 22.6. The van der Waals surface area contributed by atoms with Crippen molar-refractivity contribution >= 4 is 71.3 Å². The predicted octanol–water partition coefficient (Wildman–Crippen LogP) is 8.75. The molecule has 0 saturated carbocycles. The molecule has 0 bridgehead atoms. The van der Waals surface area contributed by atoms with Crippen molar-refractivity contribution in [3.05, 3.63) is 185 Å². The van der Waals surface area contributed by atoms with E-state index >= 15 is 0 Å². The van der Waals surface area contributed by atoms with Gasteiger partial charge in [0.05, 0.1) is 24.1 Å². The van der Waals surface area contributed by atoms with Crippen LogP contribution in [0, 0.1) is 0 Å². The Hall–Kier alpha value is -8.20. The Morgan fingerprint density at radius 2 is 0.944 bits per heavy atom. The van der Waals surface area contributed by atoms with E-state index in [2.05, 4.69) is 45.0 Å². The van der Waals surface area contributed by atoms with Gasteiger partial charge in [-0.05, 0) is 81.4 Å². The van der Waals surface area contributed by atoms with Gasteiger partial charge in [-0.1, -0.05) is 83.3 Å². The summed E-state index contributed by atoms with van der Waals surface area (Å²) in [5.74, 6) is -0.0282. The highest BCUT2D eigenvalue weighted by atomic mass is 35.5. The average molecular weight is 1040 g/mol. The zero-order valence-corrected chi connectivity index (χ0v) is 41.0. The van der Waals surface area contributed by atoms with Gasteiger partial charge >= 0.3 is 17.9 Å². The Morgan fingerprint density at radius 3 is 1.29 bits per heavy atom. The number of nitrogens with zero attached hydrogens (tertiary/aromatic N) is 11. The van der Waals surface area contributed by atoms with Crippen molar-refractivity contribution in [2.45, 2.75) is 46.4 Å². The van der Waals surface area contributed by atoms with E-state index in [-0.39, 0.29) is 19.3 Å². The molecule has 8 aromatic rings. The quantitative estimate of drug-likeness (QED) is 0.0448. The number of pyridine rings is 2. The number of aliphatic hydroxyl groups excluding tert-OH is 2. The maximum absolute atomic E-state index is 11.7. The zero-order chi connectivity index (χ0) is 51.7. The van der Waals surface area contributed by atoms with E-state index in [9.17, 15) is 14.4 Å². The fourth-order valence-electron chi connectivity index (χ4n) is 5.38. The Labute approximate surface area is 428 Å². The molecule has 0 aliphatic carbocycles. The second-order valence-corrected chi connectivity index (χ2v) is 15.9. The van der Waals surface area contributed by atoms with Gasteiger partial charge in [-0.25, -0.2) is 43.4 Å². The molecule has 19 nitrogen and oxygen atoms in total. The molecule has 5 aromatic heterocycles. The van der Waals surface area contributed by atoms with E-state index in [1.165, 1.54) is 70.7 Å². The first kappa shape index (κ1) is 54.7. The van der Waals surface area contributed by atoms with Gasteiger partial charge in [-0.3, -0.25) is 9.97 Å². The van der Waals surface area contributed by atoms with Crippen LogP contribution < -0.4 is 0 Å². The molecular weight excluding hydrogens is 989 g/mol. The fraction of sp³-hybridized carbons (Fsp3) is 0.140. The third kappa shape index (κ3) is 20.0. The van der Waals surface area contributed by atoms with Crippen LogP contribution in [0.25, 0.3) is 52.8 Å². The van der Waals surface area contributed by atoms with Crippen molar-refractivity contribution in [1.29, 1.82) is 0 Å². The monoisotopic (exact) mass is 1030 g/mol. The zero-order valence-electron chi connectivity index (χ0n) is 38.7. The highest BCUT2D eigenvalue weighted by molar-refractivity contribution is 6.31. The first-order chi connectivity index (χ1) is 34.7. The number of rotatable bonds is 14. The molecule has 8 rings (SSSR count). The molecule has 3 aromatic carbocycles. The minimum Gasteiger partial charge on any atom is -0.460 e. The number of benzene rings is 3. The molecule has 0 amide bonds. The molecule has 0 spiro atoms. The number of halogens is 3. The molecule has 5 heterocycles. The Balaban J connectivity index is 0.000000187. The molecule has 1 unspecified atom stereocenters. The third-order valence-electron chi connectivity index (χ3n) is 8.48. The predicted molar refractivity (Wildman–Crippen MR) is 271 cm³/mol. The second-order valence-electron chi connectivity index (χ2n) is 14.6. The van der Waals surface area contributed by atoms with Crippen molar-refractivity contribution in [2.75, 3.05) is 0 Å². The van der Waals surface area contributed by atoms with Crippen LogP contribution in [0.1, 0.15) is 32.2 Å². The summed E-state index contributed by atoms with van der Waals surface area (Å²) >= 11 is 17.8. The molecule has 370 valence electrons. The molecular formula is C50H46Cl3N11O8. The van der Waals surface area contributed by atoms with Crippen LogP contribution in [0.4, 0.5) is 0 Å². The van der Waals surface area contributed by atoms with Gasteiger partial charge in [0.2, 0.25) is 0 Å². The van der Waals surface area contributed by atoms with Gasteiger partial charge in [0.15, 0.2) is 23.8 Å². The van der Waals surface area contributed by atoms with Gasteiger partial charge in [-0.15, -0.1) is 15.3 Å². The molecule has 0 radical (unpaired) electrons. The summed E-state index contributed by atoms with van der Waals surface area (Å²) in [5.41, 5.74) is 3.79. The van der Waals surface area contributed by atoms with E-state index in [1.807, 2.05) is 48.5 Å². The van der Waals surface area contributed by atoms with E-state index in [4.69, 9.17) is 54.5 Å². The Kier molecular flexibility index (Phi) is 22.1. The van der Waals surface area contributed by atoms with Crippen LogP contribution in [-0.4, -0.2) is 94.8 Å². The summed E-state index contributed by atoms with van der Waals surface area (Å²) in [4.78, 5) is 54.6. The van der Waals surface area contributed by atoms with Crippen molar-refractivity contribution in [3.63, 3.8) is 0 Å². The Morgan fingerprint density at radius 1 is 0.542 bits per heavy atom. The summed E-state index contributed by atoms with van der Waals surface area (Å²) in [6.07, 6.45) is 14.5. The van der Waals surface area contributed by atoms with E-state index in [0.717, 1.165) is 22.8 Å². The SMILES string of the molecule is CC(C)OC(=O)/C=C\n1cnc(-c2cccc(Cl)c2)n1.CC(O)OC(=O)/C=C\n1cnc(-c2cccc(Cl)c2)n1.O=C(/C=C\n1cnc(-c2cccc(Cl)c2)n1)OCc1ccccn1.OCc1ccccn1. The van der Waals surface area contributed by atoms with Crippen LogP contribution in [0.5, 0.6) is 0 Å². The molecule has 0 saturated heterocycles. The molecule has 2 N–H and O–H groups in total. The standard InChI is InChI=1S/C17H13ClN4O2.C14H14ClN3O2.C13H12ClN3O3.C6H7NO/c18-14-5-3-4-13(10-14)17-20-12-22(21-17)9-7-16(23)24-11-15-6-1-2-8-19-15;1-10(2)20-13(19)6-7-18-9-16-14(17-18)11-4-3-5-12(15)8-11;1-9(18)20-12(19)5-6-17-8-15-13(16-17)10-3-2-4-11(14)7-10;8-5-6-3-1-2-4-7-6/h1-10,12H,11H2;3-10H,1-2H3;2-9,18H,1H3;1-4,8H,5H2/b9-7-;7-6-;6-5-;. The maximum Gasteiger partial charge on any atom is 0.334 e. The maximum atomic E-state index is 11.7. The lowest BCUT2D eigenvalue weighted by molar-refractivity contribution is -0.158. The fourth-order valence-corrected chi connectivity index (χ4v) is 5.95. The lowest BCUT2D eigenvalue weighted by Gasteiger charge is -2.03. The highest BCUT2D eigenvalue weighted by Crippen LogP contribution is 2.21. The summed E-state index contributed by atoms with van der Waals surface area (Å²) in [6, 6.07) is 32.5. The van der Waals surface area contributed by atoms with Crippen LogP contribution in [0.2, 0.25) is 15.1 Å².